The molecule has 1 unspecified atom stereocenters. The third kappa shape index (κ3) is 6.33. The summed E-state index contributed by atoms with van der Waals surface area (Å²) >= 11 is 0. The van der Waals surface area contributed by atoms with Crippen LogP contribution < -0.4 is 14.8 Å². The first-order valence-corrected chi connectivity index (χ1v) is 9.02. The molecule has 3 heteroatoms. The maximum atomic E-state index is 6.00. The molecule has 0 aliphatic heterocycles. The Labute approximate surface area is 152 Å². The molecule has 0 heterocycles. The molecule has 1 N–H and O–H groups in total. The molecule has 0 aromatic heterocycles. The topological polar surface area (TPSA) is 30.5 Å². The van der Waals surface area contributed by atoms with Crippen LogP contribution in [0.15, 0.2) is 48.5 Å². The third-order valence-corrected chi connectivity index (χ3v) is 3.86. The molecule has 2 aromatic rings. The molecule has 0 spiro atoms. The van der Waals surface area contributed by atoms with Crippen molar-refractivity contribution in [3.63, 3.8) is 0 Å². The molecule has 3 nitrogen and oxygen atoms in total. The van der Waals surface area contributed by atoms with Gasteiger partial charge in [0.1, 0.15) is 17.6 Å². The fraction of sp³-hybridized carbons (Fsp3) is 0.455. The second kappa shape index (κ2) is 8.28. The van der Waals surface area contributed by atoms with Crippen molar-refractivity contribution in [1.29, 1.82) is 0 Å². The lowest BCUT2D eigenvalue weighted by Crippen LogP contribution is -2.22. The average Bonchev–Trinajstić information content (AvgIpc) is 2.52. The molecule has 0 bridgehead atoms. The van der Waals surface area contributed by atoms with Crippen LogP contribution in [0.2, 0.25) is 0 Å². The lowest BCUT2D eigenvalue weighted by molar-refractivity contribution is 0.234. The van der Waals surface area contributed by atoms with Crippen LogP contribution in [0, 0.1) is 0 Å². The van der Waals surface area contributed by atoms with Gasteiger partial charge in [0.15, 0.2) is 0 Å². The van der Waals surface area contributed by atoms with Gasteiger partial charge >= 0.3 is 0 Å². The molecule has 0 amide bonds. The minimum atomic E-state index is 0.0650. The number of nitrogens with one attached hydrogen (secondary N) is 1. The van der Waals surface area contributed by atoms with Crippen LogP contribution >= 0.6 is 0 Å². The van der Waals surface area contributed by atoms with Crippen molar-refractivity contribution in [1.82, 2.24) is 0 Å². The highest BCUT2D eigenvalue weighted by Gasteiger charge is 2.13. The zero-order chi connectivity index (χ0) is 18.4. The lowest BCUT2D eigenvalue weighted by Gasteiger charge is -2.20. The molecular formula is C22H31NO2. The summed E-state index contributed by atoms with van der Waals surface area (Å²) in [5.74, 6) is 1.78. The van der Waals surface area contributed by atoms with Gasteiger partial charge in [-0.1, -0.05) is 39.0 Å². The fourth-order valence-electron chi connectivity index (χ4n) is 2.52. The number of rotatable bonds is 7. The summed E-state index contributed by atoms with van der Waals surface area (Å²) in [6, 6.07) is 16.4. The molecule has 2 aromatic carbocycles. The Morgan fingerprint density at radius 2 is 1.56 bits per heavy atom. The standard InChI is InChI=1S/C22H31NO2/c1-16(2)24-21-9-7-8-19(14-21)23-15-17(3)25-20-12-10-18(11-13-20)22(4,5)6/h7-14,16-17,23H,15H2,1-6H3. The van der Waals surface area contributed by atoms with Crippen LogP contribution in [0.5, 0.6) is 11.5 Å². The largest absolute Gasteiger partial charge is 0.491 e. The molecule has 0 saturated heterocycles. The summed E-state index contributed by atoms with van der Waals surface area (Å²) in [7, 11) is 0. The van der Waals surface area contributed by atoms with Gasteiger partial charge in [-0.15, -0.1) is 0 Å². The van der Waals surface area contributed by atoms with Gasteiger partial charge in [0, 0.05) is 11.8 Å². The summed E-state index contributed by atoms with van der Waals surface area (Å²) in [6.45, 7) is 13.5. The molecule has 2 rings (SSSR count). The van der Waals surface area contributed by atoms with Crippen molar-refractivity contribution in [2.24, 2.45) is 0 Å². The Morgan fingerprint density at radius 1 is 0.880 bits per heavy atom. The molecule has 0 aliphatic rings. The summed E-state index contributed by atoms with van der Waals surface area (Å²) in [5.41, 5.74) is 2.51. The molecule has 0 aliphatic carbocycles. The average molecular weight is 341 g/mol. The Bertz CT molecular complexity index is 656. The minimum absolute atomic E-state index is 0.0650. The van der Waals surface area contributed by atoms with Crippen molar-refractivity contribution in [2.45, 2.75) is 59.2 Å². The Hall–Kier alpha value is -2.16. The van der Waals surface area contributed by atoms with Crippen LogP contribution in [0.25, 0.3) is 0 Å². The number of hydrogen-bond acceptors (Lipinski definition) is 3. The smallest absolute Gasteiger partial charge is 0.121 e. The van der Waals surface area contributed by atoms with Gasteiger partial charge in [-0.3, -0.25) is 0 Å². The van der Waals surface area contributed by atoms with E-state index < -0.39 is 0 Å². The molecule has 1 atom stereocenters. The normalized spacial score (nSPS) is 12.8. The van der Waals surface area contributed by atoms with E-state index in [2.05, 4.69) is 45.1 Å². The predicted molar refractivity (Wildman–Crippen MR) is 106 cm³/mol. The first kappa shape index (κ1) is 19.2. The van der Waals surface area contributed by atoms with Crippen LogP contribution in [-0.4, -0.2) is 18.8 Å². The van der Waals surface area contributed by atoms with Gasteiger partial charge in [-0.2, -0.15) is 0 Å². The zero-order valence-corrected chi connectivity index (χ0v) is 16.3. The van der Waals surface area contributed by atoms with E-state index in [9.17, 15) is 0 Å². The molecule has 25 heavy (non-hydrogen) atoms. The second-order valence-corrected chi connectivity index (χ2v) is 7.78. The van der Waals surface area contributed by atoms with E-state index >= 15 is 0 Å². The van der Waals surface area contributed by atoms with E-state index in [-0.39, 0.29) is 17.6 Å². The Kier molecular flexibility index (Phi) is 6.35. The highest BCUT2D eigenvalue weighted by Crippen LogP contribution is 2.25. The van der Waals surface area contributed by atoms with E-state index in [1.807, 2.05) is 50.2 Å². The molecule has 136 valence electrons. The quantitative estimate of drug-likeness (QED) is 0.706. The van der Waals surface area contributed by atoms with Crippen molar-refractivity contribution < 1.29 is 9.47 Å². The summed E-state index contributed by atoms with van der Waals surface area (Å²) in [4.78, 5) is 0. The zero-order valence-electron chi connectivity index (χ0n) is 16.3. The summed E-state index contributed by atoms with van der Waals surface area (Å²) in [5, 5.41) is 3.41. The summed E-state index contributed by atoms with van der Waals surface area (Å²) < 4.78 is 11.7. The van der Waals surface area contributed by atoms with Crippen LogP contribution in [-0.2, 0) is 5.41 Å². The van der Waals surface area contributed by atoms with Gasteiger partial charge in [-0.25, -0.2) is 0 Å². The minimum Gasteiger partial charge on any atom is -0.491 e. The van der Waals surface area contributed by atoms with E-state index in [4.69, 9.17) is 9.47 Å². The van der Waals surface area contributed by atoms with Crippen molar-refractivity contribution in [3.8, 4) is 11.5 Å². The van der Waals surface area contributed by atoms with Crippen molar-refractivity contribution >= 4 is 5.69 Å². The van der Waals surface area contributed by atoms with Crippen LogP contribution in [0.4, 0.5) is 5.69 Å². The van der Waals surface area contributed by atoms with Gasteiger partial charge in [0.2, 0.25) is 0 Å². The Balaban J connectivity index is 1.87. The maximum Gasteiger partial charge on any atom is 0.121 e. The monoisotopic (exact) mass is 341 g/mol. The molecule has 0 fully saturated rings. The number of hydrogen-bond donors (Lipinski definition) is 1. The van der Waals surface area contributed by atoms with Crippen molar-refractivity contribution in [2.75, 3.05) is 11.9 Å². The number of anilines is 1. The fourth-order valence-corrected chi connectivity index (χ4v) is 2.52. The van der Waals surface area contributed by atoms with Gasteiger partial charge in [0.25, 0.3) is 0 Å². The number of ether oxygens (including phenoxy) is 2. The second-order valence-electron chi connectivity index (χ2n) is 7.78. The van der Waals surface area contributed by atoms with Crippen LogP contribution in [0.3, 0.4) is 0 Å². The van der Waals surface area contributed by atoms with Gasteiger partial charge in [-0.05, 0) is 56.0 Å². The SMILES string of the molecule is CC(C)Oc1cccc(NCC(C)Oc2ccc(C(C)(C)C)cc2)c1. The number of benzene rings is 2. The lowest BCUT2D eigenvalue weighted by atomic mass is 9.87. The van der Waals surface area contributed by atoms with E-state index in [1.165, 1.54) is 5.56 Å². The van der Waals surface area contributed by atoms with Gasteiger partial charge < -0.3 is 14.8 Å². The first-order chi connectivity index (χ1) is 11.7. The van der Waals surface area contributed by atoms with E-state index in [1.54, 1.807) is 0 Å². The van der Waals surface area contributed by atoms with E-state index in [0.717, 1.165) is 23.7 Å². The van der Waals surface area contributed by atoms with Crippen molar-refractivity contribution in [3.05, 3.63) is 54.1 Å². The third-order valence-electron chi connectivity index (χ3n) is 3.86. The molecular weight excluding hydrogens is 310 g/mol. The molecule has 0 radical (unpaired) electrons. The summed E-state index contributed by atoms with van der Waals surface area (Å²) in [6.07, 6.45) is 0.240. The van der Waals surface area contributed by atoms with Crippen LogP contribution in [0.1, 0.15) is 47.1 Å². The van der Waals surface area contributed by atoms with Gasteiger partial charge in [0.05, 0.1) is 12.6 Å². The highest BCUT2D eigenvalue weighted by atomic mass is 16.5. The first-order valence-electron chi connectivity index (χ1n) is 9.02. The maximum absolute atomic E-state index is 6.00. The highest BCUT2D eigenvalue weighted by molar-refractivity contribution is 5.48. The Morgan fingerprint density at radius 3 is 2.16 bits per heavy atom. The van der Waals surface area contributed by atoms with E-state index in [0.29, 0.717) is 0 Å². The predicted octanol–water partition coefficient (Wildman–Crippen LogP) is 5.65. The molecule has 0 saturated carbocycles.